The lowest BCUT2D eigenvalue weighted by Gasteiger charge is -2.10. The fraction of sp³-hybridized carbons (Fsp3) is 0.700. The van der Waals surface area contributed by atoms with Crippen molar-refractivity contribution in [2.24, 2.45) is 0 Å². The highest BCUT2D eigenvalue weighted by atomic mass is 32.1. The molecule has 1 aromatic heterocycles. The number of aromatic amines is 1. The van der Waals surface area contributed by atoms with Gasteiger partial charge in [-0.15, -0.1) is 0 Å². The van der Waals surface area contributed by atoms with Gasteiger partial charge < -0.3 is 14.3 Å². The van der Waals surface area contributed by atoms with Crippen LogP contribution in [0.2, 0.25) is 0 Å². The molecule has 1 saturated carbocycles. The smallest absolute Gasteiger partial charge is 0.177 e. The molecule has 0 aliphatic heterocycles. The Morgan fingerprint density at radius 1 is 1.50 bits per heavy atom. The molecule has 0 amide bonds. The second-order valence-electron chi connectivity index (χ2n) is 3.74. The highest BCUT2D eigenvalue weighted by Gasteiger charge is 2.14. The van der Waals surface area contributed by atoms with Gasteiger partial charge in [0.2, 0.25) is 0 Å². The van der Waals surface area contributed by atoms with Crippen LogP contribution in [0, 0.1) is 4.77 Å². The molecule has 4 heteroatoms. The number of imidazole rings is 1. The Morgan fingerprint density at radius 3 is 2.93 bits per heavy atom. The minimum absolute atomic E-state index is 0.503. The van der Waals surface area contributed by atoms with E-state index in [1.165, 1.54) is 25.7 Å². The first kappa shape index (κ1) is 9.93. The fourth-order valence-corrected chi connectivity index (χ4v) is 2.12. The summed E-state index contributed by atoms with van der Waals surface area (Å²) in [7, 11) is 0. The highest BCUT2D eigenvalue weighted by Crippen LogP contribution is 2.20. The molecule has 1 aromatic rings. The van der Waals surface area contributed by atoms with E-state index in [0.717, 1.165) is 17.9 Å². The molecule has 14 heavy (non-hydrogen) atoms. The number of ether oxygens (including phenoxy) is 1. The molecule has 1 N–H and O–H groups in total. The second kappa shape index (κ2) is 4.75. The summed E-state index contributed by atoms with van der Waals surface area (Å²) in [6, 6.07) is 0. The van der Waals surface area contributed by atoms with Gasteiger partial charge in [-0.3, -0.25) is 0 Å². The Labute approximate surface area is 89.1 Å². The predicted octanol–water partition coefficient (Wildman–Crippen LogP) is 2.50. The Morgan fingerprint density at radius 2 is 2.29 bits per heavy atom. The van der Waals surface area contributed by atoms with Crippen LogP contribution in [0.1, 0.15) is 25.7 Å². The van der Waals surface area contributed by atoms with Crippen molar-refractivity contribution in [3.63, 3.8) is 0 Å². The number of H-pyrrole nitrogens is 1. The summed E-state index contributed by atoms with van der Waals surface area (Å²) in [5, 5.41) is 0. The van der Waals surface area contributed by atoms with Crippen molar-refractivity contribution in [3.05, 3.63) is 17.2 Å². The monoisotopic (exact) mass is 212 g/mol. The first-order valence-corrected chi connectivity index (χ1v) is 5.62. The van der Waals surface area contributed by atoms with E-state index in [2.05, 4.69) is 4.98 Å². The van der Waals surface area contributed by atoms with Gasteiger partial charge in [0, 0.05) is 18.9 Å². The number of hydrogen-bond donors (Lipinski definition) is 1. The fourth-order valence-electron chi connectivity index (χ4n) is 1.90. The molecule has 1 fully saturated rings. The van der Waals surface area contributed by atoms with Crippen LogP contribution in [0.4, 0.5) is 0 Å². The van der Waals surface area contributed by atoms with Gasteiger partial charge in [-0.1, -0.05) is 12.8 Å². The Kier molecular flexibility index (Phi) is 3.37. The predicted molar refractivity (Wildman–Crippen MR) is 57.8 cm³/mol. The first-order chi connectivity index (χ1) is 6.86. The van der Waals surface area contributed by atoms with E-state index in [4.69, 9.17) is 17.0 Å². The van der Waals surface area contributed by atoms with Crippen molar-refractivity contribution in [1.82, 2.24) is 9.55 Å². The van der Waals surface area contributed by atoms with Crippen LogP contribution in [0.25, 0.3) is 0 Å². The van der Waals surface area contributed by atoms with Gasteiger partial charge in [0.05, 0.1) is 12.7 Å². The number of nitrogens with one attached hydrogen (secondary N) is 1. The largest absolute Gasteiger partial charge is 0.376 e. The number of aromatic nitrogens is 2. The first-order valence-electron chi connectivity index (χ1n) is 5.22. The van der Waals surface area contributed by atoms with Gasteiger partial charge in [-0.2, -0.15) is 0 Å². The van der Waals surface area contributed by atoms with E-state index < -0.39 is 0 Å². The van der Waals surface area contributed by atoms with Gasteiger partial charge >= 0.3 is 0 Å². The van der Waals surface area contributed by atoms with Crippen LogP contribution < -0.4 is 0 Å². The molecule has 1 heterocycles. The number of nitrogens with zero attached hydrogens (tertiary/aromatic N) is 1. The van der Waals surface area contributed by atoms with Crippen LogP contribution in [0.3, 0.4) is 0 Å². The van der Waals surface area contributed by atoms with Crippen LogP contribution in [-0.2, 0) is 11.3 Å². The minimum Gasteiger partial charge on any atom is -0.376 e. The molecule has 1 aliphatic rings. The molecule has 0 radical (unpaired) electrons. The maximum Gasteiger partial charge on any atom is 0.177 e. The van der Waals surface area contributed by atoms with Crippen molar-refractivity contribution in [2.75, 3.05) is 6.61 Å². The third-order valence-corrected chi connectivity index (χ3v) is 3.06. The van der Waals surface area contributed by atoms with Crippen LogP contribution >= 0.6 is 12.2 Å². The number of hydrogen-bond acceptors (Lipinski definition) is 2. The third kappa shape index (κ3) is 2.45. The van der Waals surface area contributed by atoms with Crippen molar-refractivity contribution < 1.29 is 4.74 Å². The van der Waals surface area contributed by atoms with Crippen molar-refractivity contribution >= 4 is 12.2 Å². The molecule has 78 valence electrons. The van der Waals surface area contributed by atoms with Crippen molar-refractivity contribution in [3.8, 4) is 0 Å². The zero-order valence-corrected chi connectivity index (χ0v) is 9.05. The zero-order chi connectivity index (χ0) is 9.80. The maximum atomic E-state index is 5.75. The van der Waals surface area contributed by atoms with E-state index in [-0.39, 0.29) is 0 Å². The number of rotatable bonds is 4. The van der Waals surface area contributed by atoms with Crippen molar-refractivity contribution in [2.45, 2.75) is 38.3 Å². The van der Waals surface area contributed by atoms with Gasteiger partial charge in [-0.25, -0.2) is 0 Å². The maximum absolute atomic E-state index is 5.75. The molecule has 0 aromatic carbocycles. The Balaban J connectivity index is 1.72. The summed E-state index contributed by atoms with van der Waals surface area (Å²) in [5.41, 5.74) is 0. The normalized spacial score (nSPS) is 17.7. The summed E-state index contributed by atoms with van der Waals surface area (Å²) in [6.45, 7) is 1.63. The van der Waals surface area contributed by atoms with E-state index in [0.29, 0.717) is 6.10 Å². The molecule has 1 aliphatic carbocycles. The average Bonchev–Trinajstić information content (AvgIpc) is 2.78. The molecule has 2 rings (SSSR count). The Bertz CT molecular complexity index is 325. The van der Waals surface area contributed by atoms with Gasteiger partial charge in [-0.05, 0) is 25.1 Å². The average molecular weight is 212 g/mol. The molecule has 0 unspecified atom stereocenters. The van der Waals surface area contributed by atoms with Crippen LogP contribution in [0.5, 0.6) is 0 Å². The topological polar surface area (TPSA) is 29.9 Å². The molecule has 0 saturated heterocycles. The second-order valence-corrected chi connectivity index (χ2v) is 4.12. The molecule has 3 nitrogen and oxygen atoms in total. The zero-order valence-electron chi connectivity index (χ0n) is 8.24. The summed E-state index contributed by atoms with van der Waals surface area (Å²) >= 11 is 5.09. The van der Waals surface area contributed by atoms with Gasteiger partial charge in [0.25, 0.3) is 0 Å². The quantitative estimate of drug-likeness (QED) is 0.777. The lowest BCUT2D eigenvalue weighted by Crippen LogP contribution is -2.12. The van der Waals surface area contributed by atoms with E-state index >= 15 is 0 Å². The summed E-state index contributed by atoms with van der Waals surface area (Å²) < 4.78 is 8.53. The van der Waals surface area contributed by atoms with E-state index in [1.807, 2.05) is 17.0 Å². The highest BCUT2D eigenvalue weighted by molar-refractivity contribution is 7.71. The van der Waals surface area contributed by atoms with Crippen LogP contribution in [-0.4, -0.2) is 22.3 Å². The van der Waals surface area contributed by atoms with E-state index in [9.17, 15) is 0 Å². The summed E-state index contributed by atoms with van der Waals surface area (Å²) in [5.74, 6) is 0. The molecule has 0 spiro atoms. The lowest BCUT2D eigenvalue weighted by atomic mass is 10.3. The Hall–Kier alpha value is -0.610. The van der Waals surface area contributed by atoms with Gasteiger partial charge in [0.1, 0.15) is 0 Å². The minimum atomic E-state index is 0.503. The standard InChI is InChI=1S/C10H16N2OS/c14-10-11-5-6-12(10)7-8-13-9-3-1-2-4-9/h5-6,9H,1-4,7-8H2,(H,11,14). The molecule has 0 bridgehead atoms. The van der Waals surface area contributed by atoms with Gasteiger partial charge in [0.15, 0.2) is 4.77 Å². The van der Waals surface area contributed by atoms with E-state index in [1.54, 1.807) is 0 Å². The molecular weight excluding hydrogens is 196 g/mol. The van der Waals surface area contributed by atoms with Crippen LogP contribution in [0.15, 0.2) is 12.4 Å². The SMILES string of the molecule is S=c1[nH]ccn1CCOC1CCCC1. The third-order valence-electron chi connectivity index (χ3n) is 2.71. The van der Waals surface area contributed by atoms with Crippen molar-refractivity contribution in [1.29, 1.82) is 0 Å². The summed E-state index contributed by atoms with van der Waals surface area (Å²) in [6.07, 6.45) is 9.45. The summed E-state index contributed by atoms with van der Waals surface area (Å²) in [4.78, 5) is 2.97. The molecule has 0 atom stereocenters. The lowest BCUT2D eigenvalue weighted by molar-refractivity contribution is 0.0528. The molecular formula is C10H16N2OS.